The number of carbonyl (C=O) groups is 3. The second-order valence-electron chi connectivity index (χ2n) is 9.22. The first-order valence-electron chi connectivity index (χ1n) is 12.2. The maximum absolute atomic E-state index is 13.6. The summed E-state index contributed by atoms with van der Waals surface area (Å²) in [5.41, 5.74) is 3.35. The number of hydrogen-bond acceptors (Lipinski definition) is 8. The van der Waals surface area contributed by atoms with Crippen molar-refractivity contribution in [3.05, 3.63) is 83.7 Å². The van der Waals surface area contributed by atoms with Crippen LogP contribution in [0.2, 0.25) is 0 Å². The van der Waals surface area contributed by atoms with E-state index in [4.69, 9.17) is 10.5 Å². The molecule has 11 nitrogen and oxygen atoms in total. The molecular formula is C27H25N7O4. The third-order valence-electron chi connectivity index (χ3n) is 6.93. The smallest absolute Gasteiger partial charge is 0.332 e. The standard InChI is InChI=1S/C27H25N7O4/c28-14-18-6-8-22(9-7-18)34-25(36)23(20-4-2-1-3-5-20)33(27(34)37)17-19-10-12-32(13-11-19)26-29-15-21(16-30-26)24(35)31-38/h1-9,15-16,19,23,38H,10-13,17H2,(H,31,35). The molecule has 1 unspecified atom stereocenters. The topological polar surface area (TPSA) is 143 Å². The van der Waals surface area contributed by atoms with Gasteiger partial charge >= 0.3 is 6.03 Å². The normalized spacial score (nSPS) is 18.0. The fourth-order valence-electron chi connectivity index (χ4n) is 4.91. The number of rotatable bonds is 6. The van der Waals surface area contributed by atoms with Crippen LogP contribution in [0, 0.1) is 17.2 Å². The summed E-state index contributed by atoms with van der Waals surface area (Å²) in [6.07, 6.45) is 4.24. The van der Waals surface area contributed by atoms with E-state index >= 15 is 0 Å². The molecule has 0 bridgehead atoms. The highest BCUT2D eigenvalue weighted by molar-refractivity contribution is 6.21. The predicted octanol–water partition coefficient (Wildman–Crippen LogP) is 2.89. The first kappa shape index (κ1) is 24.9. The van der Waals surface area contributed by atoms with Crippen molar-refractivity contribution in [3.63, 3.8) is 0 Å². The van der Waals surface area contributed by atoms with E-state index in [0.717, 1.165) is 18.4 Å². The third-order valence-corrected chi connectivity index (χ3v) is 6.93. The van der Waals surface area contributed by atoms with Gasteiger partial charge in [0.05, 0.1) is 22.9 Å². The van der Waals surface area contributed by atoms with Gasteiger partial charge in [-0.2, -0.15) is 5.26 Å². The number of piperidine rings is 1. The highest BCUT2D eigenvalue weighted by atomic mass is 16.5. The number of imide groups is 1. The molecule has 5 rings (SSSR count). The summed E-state index contributed by atoms with van der Waals surface area (Å²) in [6.45, 7) is 1.73. The molecule has 0 spiro atoms. The number of carbonyl (C=O) groups excluding carboxylic acids is 3. The van der Waals surface area contributed by atoms with E-state index in [1.54, 1.807) is 34.6 Å². The van der Waals surface area contributed by atoms with Gasteiger partial charge in [-0.05, 0) is 48.6 Å². The molecule has 4 amide bonds. The molecule has 2 saturated heterocycles. The van der Waals surface area contributed by atoms with E-state index in [2.05, 4.69) is 16.0 Å². The van der Waals surface area contributed by atoms with Crippen molar-refractivity contribution in [1.29, 1.82) is 5.26 Å². The van der Waals surface area contributed by atoms with E-state index in [0.29, 0.717) is 36.8 Å². The van der Waals surface area contributed by atoms with Crippen molar-refractivity contribution in [2.24, 2.45) is 5.92 Å². The van der Waals surface area contributed by atoms with Crippen LogP contribution in [0.15, 0.2) is 67.0 Å². The molecule has 11 heteroatoms. The van der Waals surface area contributed by atoms with E-state index < -0.39 is 11.9 Å². The molecule has 0 saturated carbocycles. The summed E-state index contributed by atoms with van der Waals surface area (Å²) < 4.78 is 0. The highest BCUT2D eigenvalue weighted by Crippen LogP contribution is 2.36. The van der Waals surface area contributed by atoms with Gasteiger partial charge in [0.25, 0.3) is 11.8 Å². The summed E-state index contributed by atoms with van der Waals surface area (Å²) in [6, 6.07) is 16.6. The number of amides is 4. The highest BCUT2D eigenvalue weighted by Gasteiger charge is 2.47. The molecule has 3 heterocycles. The SMILES string of the molecule is N#Cc1ccc(N2C(=O)C(c3ccccc3)N(CC3CCN(c4ncc(C(=O)NO)cn4)CC3)C2=O)cc1. The number of nitrogens with zero attached hydrogens (tertiary/aromatic N) is 6. The van der Waals surface area contributed by atoms with Crippen molar-refractivity contribution in [2.75, 3.05) is 29.4 Å². The van der Waals surface area contributed by atoms with Crippen LogP contribution in [0.5, 0.6) is 0 Å². The average molecular weight is 512 g/mol. The van der Waals surface area contributed by atoms with Crippen LogP contribution in [-0.4, -0.2) is 57.6 Å². The number of hydrogen-bond donors (Lipinski definition) is 2. The van der Waals surface area contributed by atoms with E-state index in [1.807, 2.05) is 35.2 Å². The molecule has 1 aromatic heterocycles. The lowest BCUT2D eigenvalue weighted by Crippen LogP contribution is -2.41. The molecule has 2 aliphatic heterocycles. The molecule has 0 radical (unpaired) electrons. The van der Waals surface area contributed by atoms with Crippen LogP contribution >= 0.6 is 0 Å². The van der Waals surface area contributed by atoms with Gasteiger partial charge in [0, 0.05) is 32.0 Å². The van der Waals surface area contributed by atoms with Gasteiger partial charge < -0.3 is 9.80 Å². The number of urea groups is 1. The van der Waals surface area contributed by atoms with E-state index in [1.165, 1.54) is 17.3 Å². The van der Waals surface area contributed by atoms with Gasteiger partial charge in [0.15, 0.2) is 0 Å². The fraction of sp³-hybridized carbons (Fsp3) is 0.259. The zero-order chi connectivity index (χ0) is 26.6. The van der Waals surface area contributed by atoms with Crippen molar-refractivity contribution >= 4 is 29.5 Å². The van der Waals surface area contributed by atoms with Gasteiger partial charge in [-0.25, -0.2) is 25.1 Å². The second-order valence-corrected chi connectivity index (χ2v) is 9.22. The predicted molar refractivity (Wildman–Crippen MR) is 136 cm³/mol. The first-order chi connectivity index (χ1) is 18.5. The maximum Gasteiger partial charge on any atom is 0.332 e. The van der Waals surface area contributed by atoms with Crippen LogP contribution in [-0.2, 0) is 4.79 Å². The molecule has 2 aliphatic rings. The summed E-state index contributed by atoms with van der Waals surface area (Å²) in [7, 11) is 0. The van der Waals surface area contributed by atoms with Gasteiger partial charge in [0.1, 0.15) is 6.04 Å². The molecule has 0 aliphatic carbocycles. The van der Waals surface area contributed by atoms with Crippen molar-refractivity contribution in [1.82, 2.24) is 20.3 Å². The Morgan fingerprint density at radius 2 is 1.68 bits per heavy atom. The average Bonchev–Trinajstić information content (AvgIpc) is 3.22. The molecule has 2 aromatic carbocycles. The Labute approximate surface area is 218 Å². The van der Waals surface area contributed by atoms with E-state index in [-0.39, 0.29) is 23.4 Å². The summed E-state index contributed by atoms with van der Waals surface area (Å²) in [4.78, 5) is 52.0. The molecule has 1 atom stereocenters. The maximum atomic E-state index is 13.6. The van der Waals surface area contributed by atoms with Gasteiger partial charge in [0.2, 0.25) is 5.95 Å². The van der Waals surface area contributed by atoms with Crippen LogP contribution in [0.4, 0.5) is 16.4 Å². The Morgan fingerprint density at radius 1 is 1.03 bits per heavy atom. The van der Waals surface area contributed by atoms with Gasteiger partial charge in [-0.1, -0.05) is 30.3 Å². The summed E-state index contributed by atoms with van der Waals surface area (Å²) in [5.74, 6) is -0.346. The number of anilines is 2. The Hall–Kier alpha value is -4.82. The fourth-order valence-corrected chi connectivity index (χ4v) is 4.91. The molecule has 3 aromatic rings. The number of hydroxylamine groups is 1. The van der Waals surface area contributed by atoms with Crippen LogP contribution < -0.4 is 15.3 Å². The largest absolute Gasteiger partial charge is 0.341 e. The number of aromatic nitrogens is 2. The zero-order valence-electron chi connectivity index (χ0n) is 20.4. The molecule has 38 heavy (non-hydrogen) atoms. The molecule has 2 fully saturated rings. The summed E-state index contributed by atoms with van der Waals surface area (Å²) >= 11 is 0. The molecular weight excluding hydrogens is 486 g/mol. The van der Waals surface area contributed by atoms with Crippen molar-refractivity contribution in [2.45, 2.75) is 18.9 Å². The lowest BCUT2D eigenvalue weighted by Gasteiger charge is -2.34. The Balaban J connectivity index is 1.31. The lowest BCUT2D eigenvalue weighted by molar-refractivity contribution is -0.120. The molecule has 2 N–H and O–H groups in total. The lowest BCUT2D eigenvalue weighted by atomic mass is 9.95. The number of benzene rings is 2. The van der Waals surface area contributed by atoms with Gasteiger partial charge in [-0.3, -0.25) is 14.8 Å². The monoisotopic (exact) mass is 511 g/mol. The first-order valence-corrected chi connectivity index (χ1v) is 12.2. The minimum absolute atomic E-state index is 0.155. The minimum atomic E-state index is -0.731. The minimum Gasteiger partial charge on any atom is -0.341 e. The van der Waals surface area contributed by atoms with Crippen molar-refractivity contribution < 1.29 is 19.6 Å². The Bertz CT molecular complexity index is 1370. The number of nitrogens with one attached hydrogen (secondary N) is 1. The van der Waals surface area contributed by atoms with Crippen LogP contribution in [0.3, 0.4) is 0 Å². The van der Waals surface area contributed by atoms with E-state index in [9.17, 15) is 14.4 Å². The van der Waals surface area contributed by atoms with Crippen LogP contribution in [0.25, 0.3) is 0 Å². The van der Waals surface area contributed by atoms with Crippen molar-refractivity contribution in [3.8, 4) is 6.07 Å². The number of nitriles is 1. The van der Waals surface area contributed by atoms with Gasteiger partial charge in [-0.15, -0.1) is 0 Å². The Kier molecular flexibility index (Phi) is 6.97. The van der Waals surface area contributed by atoms with Crippen LogP contribution in [0.1, 0.15) is 40.4 Å². The molecule has 192 valence electrons. The summed E-state index contributed by atoms with van der Waals surface area (Å²) in [5, 5.41) is 17.9. The third kappa shape index (κ3) is 4.77. The zero-order valence-corrected chi connectivity index (χ0v) is 20.4. The second kappa shape index (κ2) is 10.7. The quantitative estimate of drug-likeness (QED) is 0.292. The Morgan fingerprint density at radius 3 is 2.29 bits per heavy atom.